The monoisotopic (exact) mass is 147 g/mol. The summed E-state index contributed by atoms with van der Waals surface area (Å²) >= 11 is 0. The van der Waals surface area contributed by atoms with Gasteiger partial charge in [0.2, 0.25) is 0 Å². The van der Waals surface area contributed by atoms with Gasteiger partial charge in [0.1, 0.15) is 0 Å². The van der Waals surface area contributed by atoms with Gasteiger partial charge in [-0.3, -0.25) is 0 Å². The van der Waals surface area contributed by atoms with E-state index in [1.54, 1.807) is 0 Å². The molecule has 1 atom stereocenters. The quantitative estimate of drug-likeness (QED) is 0.602. The molecular formula is C11H15. The topological polar surface area (TPSA) is 0 Å². The van der Waals surface area contributed by atoms with E-state index >= 15 is 0 Å². The smallest absolute Gasteiger partial charge is 0.0178 e. The van der Waals surface area contributed by atoms with E-state index in [2.05, 4.69) is 39.0 Å². The molecule has 0 amide bonds. The van der Waals surface area contributed by atoms with Gasteiger partial charge in [-0.2, -0.15) is 0 Å². The third kappa shape index (κ3) is 2.07. The van der Waals surface area contributed by atoms with E-state index in [-0.39, 0.29) is 0 Å². The van der Waals surface area contributed by atoms with Crippen LogP contribution in [0.3, 0.4) is 0 Å². The summed E-state index contributed by atoms with van der Waals surface area (Å²) in [5, 5.41) is 0. The predicted octanol–water partition coefficient (Wildman–Crippen LogP) is 3.31. The lowest BCUT2D eigenvalue weighted by atomic mass is 9.97. The number of hydrogen-bond acceptors (Lipinski definition) is 0. The van der Waals surface area contributed by atoms with Crippen molar-refractivity contribution in [1.29, 1.82) is 0 Å². The second kappa shape index (κ2) is 3.56. The zero-order valence-electron chi connectivity index (χ0n) is 7.52. The van der Waals surface area contributed by atoms with Crippen LogP contribution in [0.2, 0.25) is 0 Å². The first-order chi connectivity index (χ1) is 5.24. The minimum absolute atomic E-state index is 0.672. The Morgan fingerprint density at radius 3 is 2.73 bits per heavy atom. The van der Waals surface area contributed by atoms with Gasteiger partial charge in [0.05, 0.1) is 0 Å². The fourth-order valence-corrected chi connectivity index (χ4v) is 1.14. The van der Waals surface area contributed by atoms with Crippen LogP contribution in [0.1, 0.15) is 37.3 Å². The highest BCUT2D eigenvalue weighted by atomic mass is 14.1. The summed E-state index contributed by atoms with van der Waals surface area (Å²) in [6.45, 7) is 6.58. The standard InChI is InChI=1S/C11H15/c1-4-10(3)11-7-5-6-9(2)8-11/h6-8,10H,4H2,1-3H3. The molecular weight excluding hydrogens is 132 g/mol. The molecule has 0 heteroatoms. The zero-order chi connectivity index (χ0) is 8.27. The molecule has 0 saturated heterocycles. The Morgan fingerprint density at radius 2 is 2.18 bits per heavy atom. The van der Waals surface area contributed by atoms with Crippen molar-refractivity contribution >= 4 is 0 Å². The van der Waals surface area contributed by atoms with Gasteiger partial charge in [-0.1, -0.05) is 37.6 Å². The van der Waals surface area contributed by atoms with Gasteiger partial charge < -0.3 is 0 Å². The first kappa shape index (κ1) is 8.32. The van der Waals surface area contributed by atoms with Gasteiger partial charge in [-0.15, -0.1) is 0 Å². The summed E-state index contributed by atoms with van der Waals surface area (Å²) < 4.78 is 0. The van der Waals surface area contributed by atoms with Gasteiger partial charge in [0, 0.05) is 0 Å². The maximum absolute atomic E-state index is 3.14. The van der Waals surface area contributed by atoms with Gasteiger partial charge in [0.25, 0.3) is 0 Å². The Kier molecular flexibility index (Phi) is 2.70. The van der Waals surface area contributed by atoms with Crippen molar-refractivity contribution in [3.63, 3.8) is 0 Å². The molecule has 0 bridgehead atoms. The van der Waals surface area contributed by atoms with Crippen molar-refractivity contribution in [2.75, 3.05) is 0 Å². The largest absolute Gasteiger partial charge is 0.0648 e. The fourth-order valence-electron chi connectivity index (χ4n) is 1.14. The van der Waals surface area contributed by atoms with E-state index in [4.69, 9.17) is 0 Å². The molecule has 11 heavy (non-hydrogen) atoms. The molecule has 0 aromatic heterocycles. The maximum Gasteiger partial charge on any atom is -0.0178 e. The summed E-state index contributed by atoms with van der Waals surface area (Å²) in [6, 6.07) is 9.49. The van der Waals surface area contributed by atoms with Crippen molar-refractivity contribution in [2.24, 2.45) is 0 Å². The van der Waals surface area contributed by atoms with E-state index in [1.807, 2.05) is 6.07 Å². The SMILES string of the molecule is CCC(C)c1c[c]cc(C)c1. The van der Waals surface area contributed by atoms with Gasteiger partial charge in [-0.25, -0.2) is 0 Å². The van der Waals surface area contributed by atoms with Crippen LogP contribution < -0.4 is 0 Å². The number of benzene rings is 1. The molecule has 59 valence electrons. The lowest BCUT2D eigenvalue weighted by molar-refractivity contribution is 0.732. The van der Waals surface area contributed by atoms with Crippen LogP contribution in [0, 0.1) is 13.0 Å². The van der Waals surface area contributed by atoms with Crippen LogP contribution in [-0.2, 0) is 0 Å². The van der Waals surface area contributed by atoms with E-state index in [9.17, 15) is 0 Å². The lowest BCUT2D eigenvalue weighted by Gasteiger charge is -2.08. The third-order valence-electron chi connectivity index (χ3n) is 2.14. The Balaban J connectivity index is 2.86. The summed E-state index contributed by atoms with van der Waals surface area (Å²) in [4.78, 5) is 0. The second-order valence-corrected chi connectivity index (χ2v) is 3.15. The molecule has 1 unspecified atom stereocenters. The van der Waals surface area contributed by atoms with Crippen molar-refractivity contribution in [2.45, 2.75) is 33.1 Å². The molecule has 0 aliphatic heterocycles. The second-order valence-electron chi connectivity index (χ2n) is 3.15. The van der Waals surface area contributed by atoms with Gasteiger partial charge >= 0.3 is 0 Å². The van der Waals surface area contributed by atoms with Gasteiger partial charge in [-0.05, 0) is 30.9 Å². The molecule has 0 nitrogen and oxygen atoms in total. The Morgan fingerprint density at radius 1 is 1.45 bits per heavy atom. The van der Waals surface area contributed by atoms with Crippen LogP contribution in [0.15, 0.2) is 18.2 Å². The fraction of sp³-hybridized carbons (Fsp3) is 0.455. The van der Waals surface area contributed by atoms with Gasteiger partial charge in [0.15, 0.2) is 0 Å². The van der Waals surface area contributed by atoms with Crippen LogP contribution in [0.4, 0.5) is 0 Å². The van der Waals surface area contributed by atoms with Crippen molar-refractivity contribution in [3.8, 4) is 0 Å². The molecule has 0 saturated carbocycles. The molecule has 0 aliphatic carbocycles. The molecule has 1 rings (SSSR count). The van der Waals surface area contributed by atoms with E-state index in [0.717, 1.165) is 0 Å². The summed E-state index contributed by atoms with van der Waals surface area (Å²) in [7, 11) is 0. The van der Waals surface area contributed by atoms with Crippen molar-refractivity contribution in [1.82, 2.24) is 0 Å². The molecule has 0 heterocycles. The summed E-state index contributed by atoms with van der Waals surface area (Å²) in [5.74, 6) is 0.672. The van der Waals surface area contributed by atoms with Crippen LogP contribution in [0.25, 0.3) is 0 Å². The van der Waals surface area contributed by atoms with Crippen molar-refractivity contribution < 1.29 is 0 Å². The highest BCUT2D eigenvalue weighted by Crippen LogP contribution is 2.18. The minimum atomic E-state index is 0.672. The average molecular weight is 147 g/mol. The number of aryl methyl sites for hydroxylation is 1. The van der Waals surface area contributed by atoms with E-state index < -0.39 is 0 Å². The normalized spacial score (nSPS) is 13.0. The Hall–Kier alpha value is -0.780. The summed E-state index contributed by atoms with van der Waals surface area (Å²) in [5.41, 5.74) is 2.72. The highest BCUT2D eigenvalue weighted by Gasteiger charge is 2.00. The lowest BCUT2D eigenvalue weighted by Crippen LogP contribution is -1.90. The Labute approximate surface area is 69.3 Å². The predicted molar refractivity (Wildman–Crippen MR) is 48.7 cm³/mol. The Bertz CT molecular complexity index is 225. The molecule has 0 N–H and O–H groups in total. The van der Waals surface area contributed by atoms with Crippen LogP contribution in [0.5, 0.6) is 0 Å². The number of hydrogen-bond donors (Lipinski definition) is 0. The van der Waals surface area contributed by atoms with E-state index in [0.29, 0.717) is 5.92 Å². The van der Waals surface area contributed by atoms with Crippen LogP contribution >= 0.6 is 0 Å². The minimum Gasteiger partial charge on any atom is -0.0648 e. The third-order valence-corrected chi connectivity index (χ3v) is 2.14. The first-order valence-electron chi connectivity index (χ1n) is 4.21. The molecule has 1 radical (unpaired) electrons. The first-order valence-corrected chi connectivity index (χ1v) is 4.21. The molecule has 0 spiro atoms. The molecule has 0 aliphatic rings. The summed E-state index contributed by atoms with van der Waals surface area (Å²) in [6.07, 6.45) is 1.21. The average Bonchev–Trinajstić information content (AvgIpc) is 2.03. The molecule has 1 aromatic rings. The molecule has 0 fully saturated rings. The highest BCUT2D eigenvalue weighted by molar-refractivity contribution is 5.23. The van der Waals surface area contributed by atoms with Crippen molar-refractivity contribution in [3.05, 3.63) is 35.4 Å². The zero-order valence-corrected chi connectivity index (χ0v) is 7.52. The maximum atomic E-state index is 3.14. The number of rotatable bonds is 2. The molecule has 1 aromatic carbocycles. The van der Waals surface area contributed by atoms with Crippen LogP contribution in [-0.4, -0.2) is 0 Å². The van der Waals surface area contributed by atoms with E-state index in [1.165, 1.54) is 17.5 Å².